The van der Waals surface area contributed by atoms with Crippen LogP contribution >= 0.6 is 17.0 Å². The fourth-order valence-electron chi connectivity index (χ4n) is 3.49. The second-order valence-corrected chi connectivity index (χ2v) is 8.42. The maximum atomic E-state index is 13.4. The van der Waals surface area contributed by atoms with Gasteiger partial charge in [0.2, 0.25) is 5.91 Å². The summed E-state index contributed by atoms with van der Waals surface area (Å²) in [5.74, 6) is -0.325. The molecule has 0 spiro atoms. The molecule has 0 aliphatic heterocycles. The average molecular weight is 546 g/mol. The van der Waals surface area contributed by atoms with Crippen LogP contribution in [0.1, 0.15) is 25.1 Å². The van der Waals surface area contributed by atoms with Crippen LogP contribution in [0.15, 0.2) is 41.6 Å². The molecule has 1 atom stereocenters. The first-order chi connectivity index (χ1) is 15.4. The third-order valence-corrected chi connectivity index (χ3v) is 5.03. The Morgan fingerprint density at radius 3 is 2.56 bits per heavy atom. The number of nitrogens with one attached hydrogen (secondary N) is 3. The van der Waals surface area contributed by atoms with Crippen molar-refractivity contribution in [3.05, 3.63) is 58.4 Å². The molecule has 0 bridgehead atoms. The first kappa shape index (κ1) is 27.3. The Morgan fingerprint density at radius 1 is 1.29 bits per heavy atom. The van der Waals surface area contributed by atoms with Crippen molar-refractivity contribution in [3.8, 4) is 11.3 Å². The van der Waals surface area contributed by atoms with E-state index in [4.69, 9.17) is 0 Å². The van der Waals surface area contributed by atoms with Gasteiger partial charge in [0.25, 0.3) is 5.56 Å². The lowest BCUT2D eigenvalue weighted by Crippen LogP contribution is -2.53. The second-order valence-electron chi connectivity index (χ2n) is 8.42. The van der Waals surface area contributed by atoms with Gasteiger partial charge in [0.15, 0.2) is 5.69 Å². The molecule has 0 aliphatic rings. The van der Waals surface area contributed by atoms with Gasteiger partial charge in [0, 0.05) is 19.4 Å². The molecule has 186 valence electrons. The molecule has 3 rings (SSSR count). The maximum absolute atomic E-state index is 13.4. The Morgan fingerprint density at radius 2 is 2.00 bits per heavy atom. The van der Waals surface area contributed by atoms with Gasteiger partial charge >= 0.3 is 6.18 Å². The lowest BCUT2D eigenvalue weighted by Gasteiger charge is -2.29. The number of aryl methyl sites for hydroxylation is 1. The van der Waals surface area contributed by atoms with E-state index in [9.17, 15) is 22.8 Å². The summed E-state index contributed by atoms with van der Waals surface area (Å²) in [7, 11) is 3.42. The summed E-state index contributed by atoms with van der Waals surface area (Å²) in [6.07, 6.45) is 0.554. The Kier molecular flexibility index (Phi) is 8.48. The molecular formula is C21H27BrF3N7O2. The van der Waals surface area contributed by atoms with Crippen LogP contribution in [0.5, 0.6) is 0 Å². The van der Waals surface area contributed by atoms with Crippen LogP contribution in [-0.4, -0.2) is 49.1 Å². The Labute approximate surface area is 204 Å². The summed E-state index contributed by atoms with van der Waals surface area (Å²) in [5, 5.41) is 13.6. The second kappa shape index (κ2) is 10.6. The summed E-state index contributed by atoms with van der Waals surface area (Å²) < 4.78 is 42.8. The van der Waals surface area contributed by atoms with Gasteiger partial charge < -0.3 is 15.6 Å². The van der Waals surface area contributed by atoms with Gasteiger partial charge in [-0.2, -0.15) is 23.4 Å². The largest absolute Gasteiger partial charge is 0.435 e. The van der Waals surface area contributed by atoms with Crippen molar-refractivity contribution in [2.75, 3.05) is 7.05 Å². The summed E-state index contributed by atoms with van der Waals surface area (Å²) in [6.45, 7) is 3.26. The van der Waals surface area contributed by atoms with Crippen molar-refractivity contribution in [2.45, 2.75) is 44.6 Å². The number of halogens is 4. The van der Waals surface area contributed by atoms with Crippen molar-refractivity contribution in [2.24, 2.45) is 7.05 Å². The van der Waals surface area contributed by atoms with Crippen LogP contribution in [-0.2, 0) is 31.0 Å². The van der Waals surface area contributed by atoms with Crippen molar-refractivity contribution in [1.29, 1.82) is 0 Å². The van der Waals surface area contributed by atoms with Gasteiger partial charge in [-0.15, -0.1) is 17.0 Å². The van der Waals surface area contributed by atoms with Gasteiger partial charge in [-0.25, -0.2) is 0 Å². The van der Waals surface area contributed by atoms with Crippen molar-refractivity contribution in [1.82, 2.24) is 35.2 Å². The van der Waals surface area contributed by atoms with Crippen molar-refractivity contribution in [3.63, 3.8) is 0 Å². The minimum atomic E-state index is -4.68. The lowest BCUT2D eigenvalue weighted by molar-refractivity contribution is -0.141. The molecule has 9 nitrogen and oxygen atoms in total. The molecule has 13 heteroatoms. The molecule has 0 radical (unpaired) electrons. The van der Waals surface area contributed by atoms with Gasteiger partial charge in [-0.05, 0) is 51.1 Å². The number of aromatic nitrogens is 5. The fourth-order valence-corrected chi connectivity index (χ4v) is 3.49. The number of likely N-dealkylation sites (N-methyl/N-ethyl adjacent to an activating group) is 1. The van der Waals surface area contributed by atoms with E-state index in [1.54, 1.807) is 45.0 Å². The molecule has 0 aromatic carbocycles. The highest BCUT2D eigenvalue weighted by molar-refractivity contribution is 8.93. The highest BCUT2D eigenvalue weighted by atomic mass is 79.9. The molecular weight excluding hydrogens is 519 g/mol. The molecule has 0 aliphatic carbocycles. The maximum Gasteiger partial charge on any atom is 0.435 e. The first-order valence-electron chi connectivity index (χ1n) is 10.2. The Hall–Kier alpha value is -2.93. The van der Waals surface area contributed by atoms with E-state index in [1.165, 1.54) is 18.3 Å². The Balaban J connectivity index is 0.00000408. The van der Waals surface area contributed by atoms with Gasteiger partial charge in [-0.3, -0.25) is 19.0 Å². The number of rotatable bonds is 8. The predicted octanol–water partition coefficient (Wildman–Crippen LogP) is 2.29. The molecule has 3 N–H and O–H groups in total. The molecule has 34 heavy (non-hydrogen) atoms. The fraction of sp³-hybridized carbons (Fsp3) is 0.429. The standard InChI is InChI=1S/C21H26F3N7O2.BrH/c1-20(2,28-19(33)15(25-3)8-13-10-27-30(4)11-13)12-31-16(9-17(29-31)21(22,23)24)14-6-5-7-26-18(14)32;/h5-7,9-11,15,25H,8,12H2,1-4H3,(H,26,32)(H,28,33);1H/t15-;/m1./s1. The smallest absolute Gasteiger partial charge is 0.348 e. The molecule has 0 unspecified atom stereocenters. The summed E-state index contributed by atoms with van der Waals surface area (Å²) in [4.78, 5) is 27.6. The number of pyridine rings is 1. The van der Waals surface area contributed by atoms with Crippen LogP contribution in [0.25, 0.3) is 11.3 Å². The number of amides is 1. The Bertz CT molecular complexity index is 1180. The molecule has 0 fully saturated rings. The third kappa shape index (κ3) is 6.56. The zero-order chi connectivity index (χ0) is 24.4. The van der Waals surface area contributed by atoms with Crippen LogP contribution in [0, 0.1) is 0 Å². The number of hydrogen-bond acceptors (Lipinski definition) is 5. The minimum Gasteiger partial charge on any atom is -0.348 e. The molecule has 3 aromatic heterocycles. The monoisotopic (exact) mass is 545 g/mol. The first-order valence-corrected chi connectivity index (χ1v) is 10.2. The molecule has 0 saturated heterocycles. The van der Waals surface area contributed by atoms with Crippen molar-refractivity contribution >= 4 is 22.9 Å². The molecule has 3 heterocycles. The van der Waals surface area contributed by atoms with E-state index in [0.29, 0.717) is 6.42 Å². The number of carbonyl (C=O) groups is 1. The predicted molar refractivity (Wildman–Crippen MR) is 126 cm³/mol. The van der Waals surface area contributed by atoms with E-state index in [0.717, 1.165) is 16.3 Å². The van der Waals surface area contributed by atoms with E-state index in [2.05, 4.69) is 25.8 Å². The van der Waals surface area contributed by atoms with Crippen LogP contribution in [0.2, 0.25) is 0 Å². The number of hydrogen-bond donors (Lipinski definition) is 3. The van der Waals surface area contributed by atoms with E-state index in [-0.39, 0.29) is 40.7 Å². The van der Waals surface area contributed by atoms with Gasteiger partial charge in [0.1, 0.15) is 0 Å². The van der Waals surface area contributed by atoms with Gasteiger partial charge in [-0.1, -0.05) is 0 Å². The number of aromatic amines is 1. The zero-order valence-corrected chi connectivity index (χ0v) is 20.8. The van der Waals surface area contributed by atoms with E-state index in [1.807, 2.05) is 0 Å². The van der Waals surface area contributed by atoms with Crippen LogP contribution in [0.3, 0.4) is 0 Å². The number of carbonyl (C=O) groups excluding carboxylic acids is 1. The highest BCUT2D eigenvalue weighted by Crippen LogP contribution is 2.31. The molecule has 1 amide bonds. The number of H-pyrrole nitrogens is 1. The summed E-state index contributed by atoms with van der Waals surface area (Å²) >= 11 is 0. The highest BCUT2D eigenvalue weighted by Gasteiger charge is 2.36. The third-order valence-electron chi connectivity index (χ3n) is 5.03. The molecule has 3 aromatic rings. The molecule has 0 saturated carbocycles. The van der Waals surface area contributed by atoms with Crippen LogP contribution in [0.4, 0.5) is 13.2 Å². The zero-order valence-electron chi connectivity index (χ0n) is 19.1. The minimum absolute atomic E-state index is 0. The number of nitrogens with zero attached hydrogens (tertiary/aromatic N) is 4. The normalized spacial score (nSPS) is 12.8. The number of alkyl halides is 3. The lowest BCUT2D eigenvalue weighted by atomic mass is 10.0. The van der Waals surface area contributed by atoms with Crippen LogP contribution < -0.4 is 16.2 Å². The van der Waals surface area contributed by atoms with Gasteiger partial charge in [0.05, 0.1) is 35.6 Å². The topological polar surface area (TPSA) is 110 Å². The SMILES string of the molecule is Br.CN[C@H](Cc1cnn(C)c1)C(=O)NC(C)(C)Cn1nc(C(F)(F)F)cc1-c1ccc[nH]c1=O. The summed E-state index contributed by atoms with van der Waals surface area (Å²) in [6, 6.07) is 3.20. The average Bonchev–Trinajstić information content (AvgIpc) is 3.31. The van der Waals surface area contributed by atoms with E-state index >= 15 is 0 Å². The quantitative estimate of drug-likeness (QED) is 0.402. The summed E-state index contributed by atoms with van der Waals surface area (Å²) in [5.41, 5.74) is -1.73. The van der Waals surface area contributed by atoms with Crippen molar-refractivity contribution < 1.29 is 18.0 Å². The van der Waals surface area contributed by atoms with E-state index < -0.39 is 29.0 Å².